The minimum atomic E-state index is 0.176. The Morgan fingerprint density at radius 1 is 0.826 bits per heavy atom. The van der Waals surface area contributed by atoms with Gasteiger partial charge in [-0.15, -0.1) is 0 Å². The average Bonchev–Trinajstić information content (AvgIpc) is 2.60. The zero-order valence-corrected chi connectivity index (χ0v) is 13.1. The van der Waals surface area contributed by atoms with Crippen molar-refractivity contribution in [2.24, 2.45) is 0 Å². The van der Waals surface area contributed by atoms with Crippen LogP contribution in [0.15, 0.2) is 48.7 Å². The minimum Gasteiger partial charge on any atom is -0.490 e. The van der Waals surface area contributed by atoms with Crippen molar-refractivity contribution in [1.82, 2.24) is 4.98 Å². The van der Waals surface area contributed by atoms with Gasteiger partial charge in [0.15, 0.2) is 6.79 Å². The lowest BCUT2D eigenvalue weighted by Gasteiger charge is -2.10. The van der Waals surface area contributed by atoms with Gasteiger partial charge in [-0.2, -0.15) is 0 Å². The number of aromatic nitrogens is 1. The van der Waals surface area contributed by atoms with E-state index in [1.807, 2.05) is 30.3 Å². The predicted octanol–water partition coefficient (Wildman–Crippen LogP) is 2.54. The lowest BCUT2D eigenvalue weighted by Crippen LogP contribution is -2.10. The second kappa shape index (κ2) is 10.4. The summed E-state index contributed by atoms with van der Waals surface area (Å²) >= 11 is 0. The smallest absolute Gasteiger partial charge is 0.213 e. The van der Waals surface area contributed by atoms with Crippen LogP contribution in [0.1, 0.15) is 0 Å². The third-order valence-corrected chi connectivity index (χ3v) is 2.79. The van der Waals surface area contributed by atoms with E-state index in [0.29, 0.717) is 43.8 Å². The lowest BCUT2D eigenvalue weighted by atomic mass is 10.3. The van der Waals surface area contributed by atoms with Crippen LogP contribution in [-0.2, 0) is 9.47 Å². The summed E-state index contributed by atoms with van der Waals surface area (Å²) in [6.45, 7) is 2.06. The molecule has 1 aromatic heterocycles. The van der Waals surface area contributed by atoms with Crippen molar-refractivity contribution in [1.29, 1.82) is 0 Å². The molecule has 0 saturated heterocycles. The second-order valence-electron chi connectivity index (χ2n) is 4.50. The molecule has 0 amide bonds. The van der Waals surface area contributed by atoms with Gasteiger partial charge in [-0.3, -0.25) is 0 Å². The normalized spacial score (nSPS) is 10.3. The van der Waals surface area contributed by atoms with Crippen LogP contribution in [0.5, 0.6) is 17.4 Å². The monoisotopic (exact) mass is 319 g/mol. The Morgan fingerprint density at radius 2 is 1.65 bits per heavy atom. The van der Waals surface area contributed by atoms with Crippen LogP contribution < -0.4 is 14.2 Å². The van der Waals surface area contributed by atoms with Crippen molar-refractivity contribution in [3.05, 3.63) is 48.7 Å². The van der Waals surface area contributed by atoms with E-state index in [4.69, 9.17) is 23.7 Å². The predicted molar refractivity (Wildman–Crippen MR) is 85.0 cm³/mol. The molecule has 124 valence electrons. The lowest BCUT2D eigenvalue weighted by molar-refractivity contribution is -0.00856. The standard InChI is InChI=1S/C17H21NO5/c1-19-9-10-20-14-23-16-6-4-5-15(13-16)21-11-12-22-17-7-2-3-8-18-17/h2-8,13H,9-12,14H2,1H3. The van der Waals surface area contributed by atoms with E-state index in [1.54, 1.807) is 25.4 Å². The number of pyridine rings is 1. The molecule has 0 saturated carbocycles. The fraction of sp³-hybridized carbons (Fsp3) is 0.353. The fourth-order valence-electron chi connectivity index (χ4n) is 1.70. The molecule has 2 rings (SSSR count). The minimum absolute atomic E-state index is 0.176. The number of rotatable bonds is 11. The van der Waals surface area contributed by atoms with E-state index in [1.165, 1.54) is 0 Å². The summed E-state index contributed by atoms with van der Waals surface area (Å²) in [5, 5.41) is 0. The van der Waals surface area contributed by atoms with Crippen LogP contribution in [0, 0.1) is 0 Å². The number of ether oxygens (including phenoxy) is 5. The first-order valence-corrected chi connectivity index (χ1v) is 7.34. The van der Waals surface area contributed by atoms with Crippen molar-refractivity contribution in [2.75, 3.05) is 40.3 Å². The highest BCUT2D eigenvalue weighted by Crippen LogP contribution is 2.19. The molecule has 0 N–H and O–H groups in total. The van der Waals surface area contributed by atoms with Gasteiger partial charge in [0.2, 0.25) is 5.88 Å². The molecule has 0 bridgehead atoms. The molecule has 0 spiro atoms. The maximum atomic E-state index is 5.62. The second-order valence-corrected chi connectivity index (χ2v) is 4.50. The first-order chi connectivity index (χ1) is 11.4. The molecule has 0 aliphatic carbocycles. The molecule has 1 aromatic carbocycles. The quantitative estimate of drug-likeness (QED) is 0.468. The molecule has 6 heteroatoms. The van der Waals surface area contributed by atoms with Gasteiger partial charge in [-0.25, -0.2) is 4.98 Å². The van der Waals surface area contributed by atoms with Gasteiger partial charge < -0.3 is 23.7 Å². The highest BCUT2D eigenvalue weighted by Gasteiger charge is 1.99. The van der Waals surface area contributed by atoms with Gasteiger partial charge in [0.25, 0.3) is 0 Å². The molecule has 0 radical (unpaired) electrons. The van der Waals surface area contributed by atoms with E-state index in [2.05, 4.69) is 4.98 Å². The number of hydrogen-bond acceptors (Lipinski definition) is 6. The van der Waals surface area contributed by atoms with Crippen LogP contribution in [0.4, 0.5) is 0 Å². The van der Waals surface area contributed by atoms with Gasteiger partial charge >= 0.3 is 0 Å². The van der Waals surface area contributed by atoms with Gasteiger partial charge in [-0.05, 0) is 18.2 Å². The summed E-state index contributed by atoms with van der Waals surface area (Å²) in [6, 6.07) is 12.9. The summed E-state index contributed by atoms with van der Waals surface area (Å²) in [7, 11) is 1.63. The van der Waals surface area contributed by atoms with Gasteiger partial charge in [0, 0.05) is 25.4 Å². The molecule has 0 aliphatic heterocycles. The molecule has 0 atom stereocenters. The first kappa shape index (κ1) is 17.1. The highest BCUT2D eigenvalue weighted by molar-refractivity contribution is 5.32. The third-order valence-electron chi connectivity index (χ3n) is 2.79. The largest absolute Gasteiger partial charge is 0.490 e. The first-order valence-electron chi connectivity index (χ1n) is 7.34. The molecule has 2 aromatic rings. The molecule has 0 unspecified atom stereocenters. The zero-order chi connectivity index (χ0) is 16.2. The van der Waals surface area contributed by atoms with Crippen LogP contribution in [0.25, 0.3) is 0 Å². The van der Waals surface area contributed by atoms with Crippen LogP contribution in [0.3, 0.4) is 0 Å². The maximum absolute atomic E-state index is 5.62. The van der Waals surface area contributed by atoms with Crippen molar-refractivity contribution < 1.29 is 23.7 Å². The van der Waals surface area contributed by atoms with E-state index < -0.39 is 0 Å². The summed E-state index contributed by atoms with van der Waals surface area (Å²) in [5.74, 6) is 1.98. The molecular weight excluding hydrogens is 298 g/mol. The van der Waals surface area contributed by atoms with Gasteiger partial charge in [0.05, 0.1) is 13.2 Å². The summed E-state index contributed by atoms with van der Waals surface area (Å²) in [5.41, 5.74) is 0. The topological polar surface area (TPSA) is 59.0 Å². The van der Waals surface area contributed by atoms with E-state index >= 15 is 0 Å². The van der Waals surface area contributed by atoms with Gasteiger partial charge in [0.1, 0.15) is 24.7 Å². The maximum Gasteiger partial charge on any atom is 0.213 e. The Hall–Kier alpha value is -2.31. The van der Waals surface area contributed by atoms with Crippen molar-refractivity contribution in [3.8, 4) is 17.4 Å². The Labute approximate surface area is 135 Å². The number of nitrogens with zero attached hydrogens (tertiary/aromatic N) is 1. The molecule has 1 heterocycles. The molecule has 0 aliphatic rings. The Bertz CT molecular complexity index is 550. The van der Waals surface area contributed by atoms with Crippen LogP contribution in [0.2, 0.25) is 0 Å². The number of hydrogen-bond donors (Lipinski definition) is 0. The van der Waals surface area contributed by atoms with E-state index in [9.17, 15) is 0 Å². The van der Waals surface area contributed by atoms with Gasteiger partial charge in [-0.1, -0.05) is 12.1 Å². The summed E-state index contributed by atoms with van der Waals surface area (Å²) in [4.78, 5) is 4.07. The molecule has 0 fully saturated rings. The Morgan fingerprint density at radius 3 is 2.43 bits per heavy atom. The number of methoxy groups -OCH3 is 1. The SMILES string of the molecule is COCCOCOc1cccc(OCCOc2ccccn2)c1. The van der Waals surface area contributed by atoms with Crippen molar-refractivity contribution in [3.63, 3.8) is 0 Å². The third kappa shape index (κ3) is 6.99. The zero-order valence-electron chi connectivity index (χ0n) is 13.1. The van der Waals surface area contributed by atoms with Crippen molar-refractivity contribution in [2.45, 2.75) is 0 Å². The summed E-state index contributed by atoms with van der Waals surface area (Å²) < 4.78 is 26.7. The summed E-state index contributed by atoms with van der Waals surface area (Å²) in [6.07, 6.45) is 1.69. The van der Waals surface area contributed by atoms with Crippen LogP contribution in [-0.4, -0.2) is 45.3 Å². The van der Waals surface area contributed by atoms with Crippen LogP contribution >= 0.6 is 0 Å². The number of benzene rings is 1. The molecule has 6 nitrogen and oxygen atoms in total. The van der Waals surface area contributed by atoms with Crippen molar-refractivity contribution >= 4 is 0 Å². The Kier molecular flexibility index (Phi) is 7.73. The highest BCUT2D eigenvalue weighted by atomic mass is 16.7. The van der Waals surface area contributed by atoms with E-state index in [-0.39, 0.29) is 6.79 Å². The molecular formula is C17H21NO5. The molecule has 23 heavy (non-hydrogen) atoms. The average molecular weight is 319 g/mol. The van der Waals surface area contributed by atoms with E-state index in [0.717, 1.165) is 0 Å². The Balaban J connectivity index is 1.66. The fourth-order valence-corrected chi connectivity index (χ4v) is 1.70.